The lowest BCUT2D eigenvalue weighted by Gasteiger charge is -2.39. The Morgan fingerprint density at radius 1 is 1.05 bits per heavy atom. The molecular formula is C25H23Cl2N9O. The SMILES string of the molecule is Cn1nc2ccc(-c3n[nH]c4nc(N5CCC(N)(c6ccccc6)CC5)nc(C(N)=O)c34)c(Cl)c2c1Cl. The number of anilines is 1. The molecular weight excluding hydrogens is 513 g/mol. The quantitative estimate of drug-likeness (QED) is 0.317. The molecule has 0 spiro atoms. The van der Waals surface area contributed by atoms with E-state index < -0.39 is 11.4 Å². The third kappa shape index (κ3) is 3.79. The third-order valence-corrected chi connectivity index (χ3v) is 7.88. The van der Waals surface area contributed by atoms with Crippen LogP contribution in [0.25, 0.3) is 33.2 Å². The van der Waals surface area contributed by atoms with Crippen molar-refractivity contribution in [2.24, 2.45) is 18.5 Å². The molecule has 0 unspecified atom stereocenters. The highest BCUT2D eigenvalue weighted by atomic mass is 35.5. The number of hydrogen-bond acceptors (Lipinski definition) is 7. The van der Waals surface area contributed by atoms with Gasteiger partial charge in [0, 0.05) is 31.2 Å². The lowest BCUT2D eigenvalue weighted by Crippen LogP contribution is -2.48. The zero-order valence-electron chi connectivity index (χ0n) is 19.9. The molecule has 1 amide bonds. The van der Waals surface area contributed by atoms with Crippen LogP contribution in [0.1, 0.15) is 28.9 Å². The van der Waals surface area contributed by atoms with Gasteiger partial charge in [-0.25, -0.2) is 4.98 Å². The summed E-state index contributed by atoms with van der Waals surface area (Å²) >= 11 is 13.2. The van der Waals surface area contributed by atoms with Crippen LogP contribution in [0.5, 0.6) is 0 Å². The number of hydrogen-bond donors (Lipinski definition) is 3. The van der Waals surface area contributed by atoms with E-state index in [1.54, 1.807) is 23.9 Å². The number of rotatable bonds is 4. The number of benzene rings is 2. The van der Waals surface area contributed by atoms with Crippen molar-refractivity contribution < 1.29 is 4.79 Å². The van der Waals surface area contributed by atoms with Gasteiger partial charge in [0.1, 0.15) is 16.5 Å². The summed E-state index contributed by atoms with van der Waals surface area (Å²) in [6, 6.07) is 13.6. The standard InChI is InChI=1S/C25H23Cl2N9O/c1-35-21(27)16-15(34-35)8-7-14(18(16)26)19-17-20(22(28)37)30-24(31-23(17)33-32-19)36-11-9-25(29,10-12-36)13-5-3-2-4-6-13/h2-8H,9-12,29H2,1H3,(H2,28,37)(H,30,31,32,33). The van der Waals surface area contributed by atoms with Crippen molar-refractivity contribution >= 4 is 57.0 Å². The Balaban J connectivity index is 1.40. The number of piperidine rings is 1. The fourth-order valence-corrected chi connectivity index (χ4v) is 5.61. The van der Waals surface area contributed by atoms with Gasteiger partial charge in [0.25, 0.3) is 5.91 Å². The van der Waals surface area contributed by atoms with E-state index in [1.807, 2.05) is 23.1 Å². The molecule has 1 aliphatic rings. The molecule has 0 radical (unpaired) electrons. The minimum Gasteiger partial charge on any atom is -0.364 e. The van der Waals surface area contributed by atoms with Crippen LogP contribution < -0.4 is 16.4 Å². The number of nitrogens with zero attached hydrogens (tertiary/aromatic N) is 6. The second-order valence-corrected chi connectivity index (χ2v) is 10.0. The second-order valence-electron chi connectivity index (χ2n) is 9.28. The number of H-pyrrole nitrogens is 1. The van der Waals surface area contributed by atoms with Gasteiger partial charge in [0.2, 0.25) is 5.95 Å². The third-order valence-electron chi connectivity index (χ3n) is 7.05. The maximum absolute atomic E-state index is 12.6. The average molecular weight is 536 g/mol. The van der Waals surface area contributed by atoms with Crippen molar-refractivity contribution in [1.29, 1.82) is 0 Å². The number of carbonyl (C=O) groups excluding carboxylic acids is 1. The maximum atomic E-state index is 12.6. The minimum atomic E-state index is -0.692. The van der Waals surface area contributed by atoms with Gasteiger partial charge in [-0.05, 0) is 30.5 Å². The smallest absolute Gasteiger partial charge is 0.268 e. The van der Waals surface area contributed by atoms with Crippen LogP contribution in [0, 0.1) is 0 Å². The molecule has 1 aliphatic heterocycles. The molecule has 0 bridgehead atoms. The first kappa shape index (κ1) is 23.7. The van der Waals surface area contributed by atoms with Gasteiger partial charge in [-0.2, -0.15) is 15.2 Å². The number of fused-ring (bicyclic) bond motifs is 2. The summed E-state index contributed by atoms with van der Waals surface area (Å²) in [6.07, 6.45) is 1.42. The van der Waals surface area contributed by atoms with Crippen molar-refractivity contribution in [2.45, 2.75) is 18.4 Å². The minimum absolute atomic E-state index is 0.0600. The topological polar surface area (TPSA) is 145 Å². The summed E-state index contributed by atoms with van der Waals surface area (Å²) in [4.78, 5) is 23.8. The lowest BCUT2D eigenvalue weighted by atomic mass is 9.82. The number of aromatic amines is 1. The number of aryl methyl sites for hydroxylation is 1. The molecule has 12 heteroatoms. The number of primary amides is 1. The molecule has 0 saturated carbocycles. The van der Waals surface area contributed by atoms with E-state index in [2.05, 4.69) is 37.4 Å². The van der Waals surface area contributed by atoms with Crippen molar-refractivity contribution in [3.63, 3.8) is 0 Å². The predicted molar refractivity (Wildman–Crippen MR) is 144 cm³/mol. The van der Waals surface area contributed by atoms with E-state index in [9.17, 15) is 4.79 Å². The number of nitrogens with one attached hydrogen (secondary N) is 1. The van der Waals surface area contributed by atoms with E-state index in [-0.39, 0.29) is 5.69 Å². The summed E-state index contributed by atoms with van der Waals surface area (Å²) in [7, 11) is 1.73. The molecule has 0 atom stereocenters. The van der Waals surface area contributed by atoms with Crippen LogP contribution in [0.4, 0.5) is 5.95 Å². The molecule has 2 aromatic carbocycles. The van der Waals surface area contributed by atoms with Crippen LogP contribution >= 0.6 is 23.2 Å². The first-order valence-corrected chi connectivity index (χ1v) is 12.5. The summed E-state index contributed by atoms with van der Waals surface area (Å²) < 4.78 is 1.54. The zero-order chi connectivity index (χ0) is 25.9. The monoisotopic (exact) mass is 535 g/mol. The zero-order valence-corrected chi connectivity index (χ0v) is 21.4. The van der Waals surface area contributed by atoms with Crippen LogP contribution in [-0.4, -0.2) is 48.9 Å². The van der Waals surface area contributed by atoms with E-state index in [0.717, 1.165) is 5.56 Å². The fourth-order valence-electron chi connectivity index (χ4n) is 4.99. The first-order valence-electron chi connectivity index (χ1n) is 11.7. The van der Waals surface area contributed by atoms with Gasteiger partial charge in [0.15, 0.2) is 5.65 Å². The lowest BCUT2D eigenvalue weighted by molar-refractivity contribution is 0.0997. The van der Waals surface area contributed by atoms with Crippen molar-refractivity contribution in [3.05, 3.63) is 63.9 Å². The predicted octanol–water partition coefficient (Wildman–Crippen LogP) is 3.77. The first-order chi connectivity index (χ1) is 17.8. The van der Waals surface area contributed by atoms with Crippen LogP contribution in [0.2, 0.25) is 10.2 Å². The highest BCUT2D eigenvalue weighted by Crippen LogP contribution is 2.40. The van der Waals surface area contributed by atoms with Crippen LogP contribution in [0.15, 0.2) is 42.5 Å². The Hall–Kier alpha value is -3.73. The molecule has 37 heavy (non-hydrogen) atoms. The van der Waals surface area contributed by atoms with Gasteiger partial charge in [-0.15, -0.1) is 0 Å². The van der Waals surface area contributed by atoms with E-state index >= 15 is 0 Å². The van der Waals surface area contributed by atoms with Crippen molar-refractivity contribution in [2.75, 3.05) is 18.0 Å². The van der Waals surface area contributed by atoms with Gasteiger partial charge in [-0.1, -0.05) is 53.5 Å². The highest BCUT2D eigenvalue weighted by Gasteiger charge is 2.34. The van der Waals surface area contributed by atoms with E-state index in [1.165, 1.54) is 0 Å². The Labute approximate surface area is 221 Å². The Kier molecular flexibility index (Phi) is 5.55. The number of aromatic nitrogens is 6. The highest BCUT2D eigenvalue weighted by molar-refractivity contribution is 6.43. The molecule has 0 aliphatic carbocycles. The number of halogens is 2. The van der Waals surface area contributed by atoms with Gasteiger partial charge in [0.05, 0.1) is 21.3 Å². The maximum Gasteiger partial charge on any atom is 0.268 e. The summed E-state index contributed by atoms with van der Waals surface area (Å²) in [5.41, 5.74) is 15.2. The Morgan fingerprint density at radius 2 is 1.78 bits per heavy atom. The molecule has 3 aromatic heterocycles. The molecule has 6 rings (SSSR count). The average Bonchev–Trinajstić information content (AvgIpc) is 3.45. The number of carbonyl (C=O) groups is 1. The largest absolute Gasteiger partial charge is 0.364 e. The number of amides is 1. The van der Waals surface area contributed by atoms with Crippen LogP contribution in [0.3, 0.4) is 0 Å². The molecule has 5 aromatic rings. The van der Waals surface area contributed by atoms with Crippen molar-refractivity contribution in [3.8, 4) is 11.3 Å². The Morgan fingerprint density at radius 3 is 2.49 bits per heavy atom. The van der Waals surface area contributed by atoms with Crippen molar-refractivity contribution in [1.82, 2.24) is 29.9 Å². The normalized spacial score (nSPS) is 15.5. The second kappa shape index (κ2) is 8.69. The number of nitrogens with two attached hydrogens (primary N) is 2. The summed E-state index contributed by atoms with van der Waals surface area (Å²) in [5.74, 6) is -0.300. The Bertz CT molecular complexity index is 1670. The van der Waals surface area contributed by atoms with E-state index in [4.69, 9.17) is 34.7 Å². The molecule has 5 N–H and O–H groups in total. The van der Waals surface area contributed by atoms with E-state index in [0.29, 0.717) is 75.2 Å². The molecule has 1 fully saturated rings. The van der Waals surface area contributed by atoms with Gasteiger partial charge < -0.3 is 16.4 Å². The molecule has 188 valence electrons. The molecule has 10 nitrogen and oxygen atoms in total. The van der Waals surface area contributed by atoms with Gasteiger partial charge >= 0.3 is 0 Å². The molecule has 4 heterocycles. The summed E-state index contributed by atoms with van der Waals surface area (Å²) in [6.45, 7) is 1.25. The summed E-state index contributed by atoms with van der Waals surface area (Å²) in [5, 5.41) is 13.5. The van der Waals surface area contributed by atoms with Gasteiger partial charge in [-0.3, -0.25) is 14.6 Å². The van der Waals surface area contributed by atoms with Crippen LogP contribution in [-0.2, 0) is 12.6 Å². The fraction of sp³-hybridized carbons (Fsp3) is 0.240. The molecule has 1 saturated heterocycles.